The Bertz CT molecular complexity index is 740. The predicted molar refractivity (Wildman–Crippen MR) is 98.8 cm³/mol. The van der Waals surface area contributed by atoms with E-state index in [-0.39, 0.29) is 17.4 Å². The number of methoxy groups -OCH3 is 1. The van der Waals surface area contributed by atoms with Crippen LogP contribution in [0.2, 0.25) is 0 Å². The summed E-state index contributed by atoms with van der Waals surface area (Å²) in [4.78, 5) is 12.0. The van der Waals surface area contributed by atoms with Crippen LogP contribution in [-0.2, 0) is 17.6 Å². The van der Waals surface area contributed by atoms with E-state index in [0.717, 1.165) is 15.6 Å². The Morgan fingerprint density at radius 3 is 2.62 bits per heavy atom. The summed E-state index contributed by atoms with van der Waals surface area (Å²) in [6, 6.07) is 12.6. The molecule has 1 amide bonds. The molecule has 0 heterocycles. The highest BCUT2D eigenvalue weighted by molar-refractivity contribution is 9.10. The molecule has 0 saturated carbocycles. The number of aryl methyl sites for hydroxylation is 1. The van der Waals surface area contributed by atoms with E-state index in [1.807, 2.05) is 24.3 Å². The van der Waals surface area contributed by atoms with Crippen molar-refractivity contribution in [1.29, 1.82) is 0 Å². The zero-order chi connectivity index (χ0) is 18.9. The maximum atomic E-state index is 12.4. The molecule has 140 valence electrons. The number of nitrogens with one attached hydrogen (secondary N) is 1. The highest BCUT2D eigenvalue weighted by atomic mass is 79.9. The number of halogens is 3. The molecular formula is C19H20BrF2NO3. The van der Waals surface area contributed by atoms with Crippen molar-refractivity contribution in [2.75, 3.05) is 13.7 Å². The largest absolute Gasteiger partial charge is 0.493 e. The Labute approximate surface area is 159 Å². The number of hydrogen-bond donors (Lipinski definition) is 1. The number of amides is 1. The van der Waals surface area contributed by atoms with Crippen LogP contribution in [-0.4, -0.2) is 26.2 Å². The van der Waals surface area contributed by atoms with Gasteiger partial charge < -0.3 is 14.8 Å². The summed E-state index contributed by atoms with van der Waals surface area (Å²) in [7, 11) is 1.39. The van der Waals surface area contributed by atoms with Crippen molar-refractivity contribution in [3.8, 4) is 11.5 Å². The minimum atomic E-state index is -2.92. The number of hydrogen-bond acceptors (Lipinski definition) is 3. The fourth-order valence-electron chi connectivity index (χ4n) is 2.45. The van der Waals surface area contributed by atoms with Gasteiger partial charge in [-0.25, -0.2) is 0 Å². The minimum Gasteiger partial charge on any atom is -0.493 e. The fraction of sp³-hybridized carbons (Fsp3) is 0.316. The summed E-state index contributed by atoms with van der Waals surface area (Å²) in [5.41, 5.74) is 1.85. The molecule has 0 fully saturated rings. The molecule has 0 saturated heterocycles. The number of benzene rings is 2. The van der Waals surface area contributed by atoms with Crippen molar-refractivity contribution >= 4 is 21.8 Å². The first-order valence-electron chi connectivity index (χ1n) is 8.11. The van der Waals surface area contributed by atoms with E-state index in [1.165, 1.54) is 13.2 Å². The molecule has 1 N–H and O–H groups in total. The van der Waals surface area contributed by atoms with Crippen molar-refractivity contribution in [3.05, 3.63) is 58.1 Å². The van der Waals surface area contributed by atoms with E-state index in [4.69, 9.17) is 4.74 Å². The molecule has 0 unspecified atom stereocenters. The van der Waals surface area contributed by atoms with Gasteiger partial charge in [-0.2, -0.15) is 8.78 Å². The number of carbonyl (C=O) groups excluding carboxylic acids is 1. The van der Waals surface area contributed by atoms with Gasteiger partial charge >= 0.3 is 6.61 Å². The average Bonchev–Trinajstić information content (AvgIpc) is 2.61. The first-order valence-corrected chi connectivity index (χ1v) is 8.90. The van der Waals surface area contributed by atoms with Gasteiger partial charge in [0.2, 0.25) is 5.91 Å². The highest BCUT2D eigenvalue weighted by Crippen LogP contribution is 2.29. The molecule has 4 nitrogen and oxygen atoms in total. The average molecular weight is 428 g/mol. The van der Waals surface area contributed by atoms with Crippen LogP contribution < -0.4 is 14.8 Å². The molecule has 2 aromatic carbocycles. The molecule has 0 aliphatic carbocycles. The van der Waals surface area contributed by atoms with Crippen LogP contribution in [0.15, 0.2) is 46.9 Å². The highest BCUT2D eigenvalue weighted by Gasteiger charge is 2.11. The minimum absolute atomic E-state index is 0.0137. The Hall–Kier alpha value is -2.15. The summed E-state index contributed by atoms with van der Waals surface area (Å²) >= 11 is 3.46. The molecule has 0 radical (unpaired) electrons. The van der Waals surface area contributed by atoms with Crippen molar-refractivity contribution in [2.45, 2.75) is 25.9 Å². The van der Waals surface area contributed by atoms with Gasteiger partial charge in [-0.3, -0.25) is 4.79 Å². The Balaban J connectivity index is 1.81. The van der Waals surface area contributed by atoms with Gasteiger partial charge in [0.05, 0.1) is 7.11 Å². The van der Waals surface area contributed by atoms with Crippen LogP contribution in [0.5, 0.6) is 11.5 Å². The van der Waals surface area contributed by atoms with E-state index in [9.17, 15) is 13.6 Å². The third-order valence-electron chi connectivity index (χ3n) is 3.76. The molecule has 0 aliphatic heterocycles. The first kappa shape index (κ1) is 20.2. The zero-order valence-corrected chi connectivity index (χ0v) is 15.9. The normalized spacial score (nSPS) is 10.7. The SMILES string of the molecule is COc1ccc(CCNC(=O)CCc2ccccc2Br)cc1OC(F)F. The summed E-state index contributed by atoms with van der Waals surface area (Å²) < 4.78 is 35.3. The van der Waals surface area contributed by atoms with Crippen LogP contribution >= 0.6 is 15.9 Å². The van der Waals surface area contributed by atoms with Gasteiger partial charge in [0.1, 0.15) is 0 Å². The quantitative estimate of drug-likeness (QED) is 0.646. The maximum absolute atomic E-state index is 12.4. The van der Waals surface area contributed by atoms with Crippen molar-refractivity contribution < 1.29 is 23.0 Å². The van der Waals surface area contributed by atoms with Gasteiger partial charge in [-0.05, 0) is 42.2 Å². The van der Waals surface area contributed by atoms with Crippen LogP contribution in [0.25, 0.3) is 0 Å². The number of rotatable bonds is 9. The van der Waals surface area contributed by atoms with Crippen molar-refractivity contribution in [2.24, 2.45) is 0 Å². The molecule has 0 atom stereocenters. The van der Waals surface area contributed by atoms with E-state index >= 15 is 0 Å². The lowest BCUT2D eigenvalue weighted by atomic mass is 10.1. The van der Waals surface area contributed by atoms with Gasteiger partial charge in [0, 0.05) is 17.4 Å². The van der Waals surface area contributed by atoms with Crippen molar-refractivity contribution in [3.63, 3.8) is 0 Å². The van der Waals surface area contributed by atoms with Gasteiger partial charge in [-0.15, -0.1) is 0 Å². The maximum Gasteiger partial charge on any atom is 0.387 e. The number of alkyl halides is 2. The second-order valence-corrected chi connectivity index (χ2v) is 6.41. The monoisotopic (exact) mass is 427 g/mol. The summed E-state index contributed by atoms with van der Waals surface area (Å²) in [5.74, 6) is 0.171. The number of carbonyl (C=O) groups is 1. The molecule has 0 aromatic heterocycles. The molecular weight excluding hydrogens is 408 g/mol. The van der Waals surface area contributed by atoms with Gasteiger partial charge in [0.15, 0.2) is 11.5 Å². The van der Waals surface area contributed by atoms with Crippen LogP contribution in [0, 0.1) is 0 Å². The fourth-order valence-corrected chi connectivity index (χ4v) is 2.93. The molecule has 26 heavy (non-hydrogen) atoms. The van der Waals surface area contributed by atoms with E-state index in [0.29, 0.717) is 25.8 Å². The van der Waals surface area contributed by atoms with Crippen LogP contribution in [0.1, 0.15) is 17.5 Å². The lowest BCUT2D eigenvalue weighted by Crippen LogP contribution is -2.25. The first-order chi connectivity index (χ1) is 12.5. The Morgan fingerprint density at radius 2 is 1.92 bits per heavy atom. The van der Waals surface area contributed by atoms with Gasteiger partial charge in [0.25, 0.3) is 0 Å². The molecule has 2 rings (SSSR count). The second-order valence-electron chi connectivity index (χ2n) is 5.56. The lowest BCUT2D eigenvalue weighted by Gasteiger charge is -2.12. The standard InChI is InChI=1S/C19H20BrF2NO3/c1-25-16-8-6-13(12-17(16)26-19(21)22)10-11-23-18(24)9-7-14-4-2-3-5-15(14)20/h2-6,8,12,19H,7,9-11H2,1H3,(H,23,24). The summed E-state index contributed by atoms with van der Waals surface area (Å²) in [6.45, 7) is -2.51. The van der Waals surface area contributed by atoms with E-state index < -0.39 is 6.61 Å². The third-order valence-corrected chi connectivity index (χ3v) is 4.53. The Morgan fingerprint density at radius 1 is 1.15 bits per heavy atom. The third kappa shape index (κ3) is 6.29. The van der Waals surface area contributed by atoms with Gasteiger partial charge in [-0.1, -0.05) is 40.2 Å². The topological polar surface area (TPSA) is 47.6 Å². The summed E-state index contributed by atoms with van der Waals surface area (Å²) in [5, 5.41) is 2.84. The van der Waals surface area contributed by atoms with Crippen LogP contribution in [0.3, 0.4) is 0 Å². The van der Waals surface area contributed by atoms with E-state index in [2.05, 4.69) is 26.0 Å². The molecule has 2 aromatic rings. The Kier molecular flexibility index (Phi) is 7.84. The smallest absolute Gasteiger partial charge is 0.387 e. The molecule has 0 spiro atoms. The number of ether oxygens (including phenoxy) is 2. The summed E-state index contributed by atoms with van der Waals surface area (Å²) in [6.07, 6.45) is 1.53. The van der Waals surface area contributed by atoms with Crippen LogP contribution in [0.4, 0.5) is 8.78 Å². The molecule has 0 aliphatic rings. The second kappa shape index (κ2) is 10.1. The van der Waals surface area contributed by atoms with Crippen molar-refractivity contribution in [1.82, 2.24) is 5.32 Å². The zero-order valence-electron chi connectivity index (χ0n) is 14.3. The molecule has 0 bridgehead atoms. The molecule has 7 heteroatoms. The predicted octanol–water partition coefficient (Wildman–Crippen LogP) is 4.35. The lowest BCUT2D eigenvalue weighted by molar-refractivity contribution is -0.121. The van der Waals surface area contributed by atoms with E-state index in [1.54, 1.807) is 12.1 Å².